The molecule has 5 nitrogen and oxygen atoms in total. The van der Waals surface area contributed by atoms with Crippen LogP contribution in [0.25, 0.3) is 0 Å². The van der Waals surface area contributed by atoms with Gasteiger partial charge in [0.05, 0.1) is 5.69 Å². The molecule has 1 fully saturated rings. The highest BCUT2D eigenvalue weighted by atomic mass is 35.5. The Labute approximate surface area is 129 Å². The number of nitrogens with zero attached hydrogens (tertiary/aromatic N) is 3. The monoisotopic (exact) mass is 307 g/mol. The fourth-order valence-electron chi connectivity index (χ4n) is 2.44. The van der Waals surface area contributed by atoms with Crippen molar-refractivity contribution < 1.29 is 9.59 Å². The molecule has 0 aromatic heterocycles. The first-order valence-corrected chi connectivity index (χ1v) is 7.32. The highest BCUT2D eigenvalue weighted by Gasteiger charge is 2.24. The lowest BCUT2D eigenvalue weighted by molar-refractivity contribution is -0.134. The summed E-state index contributed by atoms with van der Waals surface area (Å²) in [5.41, 5.74) is 1.36. The predicted octanol–water partition coefficient (Wildman–Crippen LogP) is 2.61. The van der Waals surface area contributed by atoms with Crippen molar-refractivity contribution in [3.63, 3.8) is 0 Å². The smallest absolute Gasteiger partial charge is 0.240 e. The number of piperazine rings is 1. The number of aliphatic imine (C=N–C) groups is 1. The summed E-state index contributed by atoms with van der Waals surface area (Å²) in [7, 11) is 0. The number of halogens is 1. The second kappa shape index (κ2) is 6.74. The van der Waals surface area contributed by atoms with E-state index in [2.05, 4.69) is 9.89 Å². The number of hydrogen-bond donors (Lipinski definition) is 0. The summed E-state index contributed by atoms with van der Waals surface area (Å²) >= 11 is 5.93. The number of rotatable bonds is 3. The molecule has 112 valence electrons. The van der Waals surface area contributed by atoms with E-state index in [1.165, 1.54) is 0 Å². The van der Waals surface area contributed by atoms with Gasteiger partial charge in [-0.25, -0.2) is 4.79 Å². The van der Waals surface area contributed by atoms with Gasteiger partial charge in [0.15, 0.2) is 0 Å². The zero-order valence-electron chi connectivity index (χ0n) is 12.2. The van der Waals surface area contributed by atoms with Gasteiger partial charge in [-0.15, -0.1) is 0 Å². The molecule has 0 bridgehead atoms. The number of carbonyl (C=O) groups excluding carboxylic acids is 2. The van der Waals surface area contributed by atoms with E-state index in [4.69, 9.17) is 11.6 Å². The first-order valence-electron chi connectivity index (χ1n) is 6.94. The SMILES string of the molecule is CC(C)C(=O)N1CCN(c2ccc(Cl)cc2N=C=O)CC1. The highest BCUT2D eigenvalue weighted by molar-refractivity contribution is 6.31. The number of hydrogen-bond acceptors (Lipinski definition) is 4. The Bertz CT molecular complexity index is 574. The van der Waals surface area contributed by atoms with Crippen LogP contribution in [0.5, 0.6) is 0 Å². The molecule has 0 N–H and O–H groups in total. The first-order chi connectivity index (χ1) is 10.0. The van der Waals surface area contributed by atoms with Crippen LogP contribution in [0, 0.1) is 5.92 Å². The maximum Gasteiger partial charge on any atom is 0.240 e. The molecule has 0 spiro atoms. The Morgan fingerprint density at radius 3 is 2.52 bits per heavy atom. The maximum absolute atomic E-state index is 12.0. The first kappa shape index (κ1) is 15.5. The van der Waals surface area contributed by atoms with Crippen LogP contribution in [-0.2, 0) is 9.59 Å². The minimum atomic E-state index is 0.0160. The van der Waals surface area contributed by atoms with Gasteiger partial charge < -0.3 is 9.80 Å². The lowest BCUT2D eigenvalue weighted by Gasteiger charge is -2.37. The van der Waals surface area contributed by atoms with Gasteiger partial charge in [0.2, 0.25) is 12.0 Å². The Balaban J connectivity index is 2.12. The minimum absolute atomic E-state index is 0.0160. The Hall–Kier alpha value is -1.84. The summed E-state index contributed by atoms with van der Waals surface area (Å²) < 4.78 is 0. The topological polar surface area (TPSA) is 53.0 Å². The average molecular weight is 308 g/mol. The standard InChI is InChI=1S/C15H18ClN3O2/c1-11(2)15(21)19-7-5-18(6-8-19)14-4-3-12(16)9-13(14)17-10-20/h3-4,9,11H,5-8H2,1-2H3. The van der Waals surface area contributed by atoms with Crippen molar-refractivity contribution in [2.75, 3.05) is 31.1 Å². The van der Waals surface area contributed by atoms with Crippen LogP contribution in [0.15, 0.2) is 23.2 Å². The van der Waals surface area contributed by atoms with E-state index in [-0.39, 0.29) is 11.8 Å². The van der Waals surface area contributed by atoms with Crippen LogP contribution >= 0.6 is 11.6 Å². The molecule has 0 saturated carbocycles. The van der Waals surface area contributed by atoms with Crippen LogP contribution in [0.2, 0.25) is 5.02 Å². The molecule has 6 heteroatoms. The summed E-state index contributed by atoms with van der Waals surface area (Å²) in [6, 6.07) is 5.26. The van der Waals surface area contributed by atoms with Crippen molar-refractivity contribution >= 4 is 35.0 Å². The summed E-state index contributed by atoms with van der Waals surface area (Å²) in [6.45, 7) is 6.58. The number of anilines is 1. The molecular weight excluding hydrogens is 290 g/mol. The molecule has 2 rings (SSSR count). The summed E-state index contributed by atoms with van der Waals surface area (Å²) in [5.74, 6) is 0.194. The second-order valence-corrected chi connectivity index (χ2v) is 5.74. The molecule has 1 saturated heterocycles. The third kappa shape index (κ3) is 3.63. The van der Waals surface area contributed by atoms with Crippen LogP contribution in [-0.4, -0.2) is 43.1 Å². The minimum Gasteiger partial charge on any atom is -0.366 e. The Morgan fingerprint density at radius 1 is 1.29 bits per heavy atom. The average Bonchev–Trinajstić information content (AvgIpc) is 2.47. The molecule has 0 radical (unpaired) electrons. The normalized spacial score (nSPS) is 15.0. The van der Waals surface area contributed by atoms with Crippen LogP contribution in [0.3, 0.4) is 0 Å². The van der Waals surface area contributed by atoms with Gasteiger partial charge in [0.25, 0.3) is 0 Å². The molecule has 1 aliphatic heterocycles. The van der Waals surface area contributed by atoms with Gasteiger partial charge in [0.1, 0.15) is 5.69 Å². The molecule has 1 aromatic rings. The van der Waals surface area contributed by atoms with Crippen molar-refractivity contribution in [3.05, 3.63) is 23.2 Å². The summed E-state index contributed by atoms with van der Waals surface area (Å²) in [5, 5.41) is 0.529. The lowest BCUT2D eigenvalue weighted by Crippen LogP contribution is -2.49. The molecule has 1 heterocycles. The van der Waals surface area contributed by atoms with Gasteiger partial charge in [-0.2, -0.15) is 4.99 Å². The molecule has 0 unspecified atom stereocenters. The van der Waals surface area contributed by atoms with Crippen LogP contribution in [0.1, 0.15) is 13.8 Å². The highest BCUT2D eigenvalue weighted by Crippen LogP contribution is 2.32. The van der Waals surface area contributed by atoms with E-state index in [0.717, 1.165) is 5.69 Å². The van der Waals surface area contributed by atoms with Crippen molar-refractivity contribution in [2.45, 2.75) is 13.8 Å². The molecule has 0 aliphatic carbocycles. The second-order valence-electron chi connectivity index (χ2n) is 5.30. The van der Waals surface area contributed by atoms with Crippen molar-refractivity contribution in [1.82, 2.24) is 4.90 Å². The molecule has 0 atom stereocenters. The molecular formula is C15H18ClN3O2. The number of benzene rings is 1. The van der Waals surface area contributed by atoms with Crippen molar-refractivity contribution in [3.8, 4) is 0 Å². The number of amides is 1. The van der Waals surface area contributed by atoms with Gasteiger partial charge in [-0.3, -0.25) is 4.79 Å². The largest absolute Gasteiger partial charge is 0.366 e. The van der Waals surface area contributed by atoms with Crippen molar-refractivity contribution in [1.29, 1.82) is 0 Å². The fraction of sp³-hybridized carbons (Fsp3) is 0.467. The van der Waals surface area contributed by atoms with Gasteiger partial charge in [-0.1, -0.05) is 25.4 Å². The zero-order valence-corrected chi connectivity index (χ0v) is 12.9. The Kier molecular flexibility index (Phi) is 4.99. The third-order valence-electron chi connectivity index (χ3n) is 3.53. The molecule has 21 heavy (non-hydrogen) atoms. The lowest BCUT2D eigenvalue weighted by atomic mass is 10.1. The summed E-state index contributed by atoms with van der Waals surface area (Å²) in [6.07, 6.45) is 1.56. The van der Waals surface area contributed by atoms with E-state index in [1.54, 1.807) is 18.2 Å². The van der Waals surface area contributed by atoms with E-state index in [9.17, 15) is 9.59 Å². The molecule has 1 amide bonds. The van der Waals surface area contributed by atoms with Gasteiger partial charge >= 0.3 is 0 Å². The molecule has 1 aromatic carbocycles. The van der Waals surface area contributed by atoms with Crippen LogP contribution in [0.4, 0.5) is 11.4 Å². The fourth-order valence-corrected chi connectivity index (χ4v) is 2.60. The number of carbonyl (C=O) groups is 1. The van der Waals surface area contributed by atoms with E-state index in [0.29, 0.717) is 36.9 Å². The molecule has 1 aliphatic rings. The van der Waals surface area contributed by atoms with E-state index < -0.39 is 0 Å². The summed E-state index contributed by atoms with van der Waals surface area (Å²) in [4.78, 5) is 30.2. The maximum atomic E-state index is 12.0. The van der Waals surface area contributed by atoms with E-state index >= 15 is 0 Å². The third-order valence-corrected chi connectivity index (χ3v) is 3.76. The zero-order chi connectivity index (χ0) is 15.4. The van der Waals surface area contributed by atoms with Crippen LogP contribution < -0.4 is 4.90 Å². The van der Waals surface area contributed by atoms with Gasteiger partial charge in [-0.05, 0) is 18.2 Å². The predicted molar refractivity (Wildman–Crippen MR) is 82.9 cm³/mol. The quantitative estimate of drug-likeness (QED) is 0.637. The van der Waals surface area contributed by atoms with Crippen molar-refractivity contribution in [2.24, 2.45) is 10.9 Å². The van der Waals surface area contributed by atoms with Gasteiger partial charge in [0, 0.05) is 37.1 Å². The van der Waals surface area contributed by atoms with E-state index in [1.807, 2.05) is 24.8 Å². The Morgan fingerprint density at radius 2 is 1.95 bits per heavy atom. The number of isocyanates is 1.